The van der Waals surface area contributed by atoms with Gasteiger partial charge in [-0.3, -0.25) is 9.48 Å². The molecule has 1 amide bonds. The Labute approximate surface area is 163 Å². The van der Waals surface area contributed by atoms with Crippen LogP contribution < -0.4 is 5.32 Å². The molecule has 27 heavy (non-hydrogen) atoms. The van der Waals surface area contributed by atoms with Crippen molar-refractivity contribution in [3.63, 3.8) is 0 Å². The van der Waals surface area contributed by atoms with Gasteiger partial charge in [0.15, 0.2) is 10.9 Å². The highest BCUT2D eigenvalue weighted by Gasteiger charge is 2.16. The molecular formula is C16H14ClN5O4S. The van der Waals surface area contributed by atoms with Crippen molar-refractivity contribution < 1.29 is 18.7 Å². The quantitative estimate of drug-likeness (QED) is 0.377. The molecule has 9 nitrogen and oxygen atoms in total. The number of carbonyl (C=O) groups excluding carboxylic acids is 2. The normalized spacial score (nSPS) is 10.6. The van der Waals surface area contributed by atoms with Crippen molar-refractivity contribution >= 4 is 40.9 Å². The van der Waals surface area contributed by atoms with E-state index in [0.717, 1.165) is 0 Å². The Kier molecular flexibility index (Phi) is 5.77. The summed E-state index contributed by atoms with van der Waals surface area (Å²) < 4.78 is 11.5. The third kappa shape index (κ3) is 4.47. The van der Waals surface area contributed by atoms with E-state index in [1.54, 1.807) is 23.2 Å². The number of esters is 1. The molecule has 3 heterocycles. The van der Waals surface area contributed by atoms with Gasteiger partial charge in [0.05, 0.1) is 36.8 Å². The summed E-state index contributed by atoms with van der Waals surface area (Å²) in [6, 6.07) is 3.17. The van der Waals surface area contributed by atoms with Crippen molar-refractivity contribution in [2.45, 2.75) is 11.7 Å². The first-order valence-corrected chi connectivity index (χ1v) is 9.17. The first-order valence-electron chi connectivity index (χ1n) is 7.57. The first kappa shape index (κ1) is 18.9. The molecule has 0 aliphatic heterocycles. The summed E-state index contributed by atoms with van der Waals surface area (Å²) in [5.74, 6) is -0.403. The van der Waals surface area contributed by atoms with Crippen LogP contribution in [0, 0.1) is 0 Å². The SMILES string of the molecule is COC(=O)c1ccc(Cn2cc(NC(=O)c3nc(SC)ncc3Cl)cn2)o1. The lowest BCUT2D eigenvalue weighted by Crippen LogP contribution is -2.14. The zero-order chi connectivity index (χ0) is 19.4. The van der Waals surface area contributed by atoms with Crippen molar-refractivity contribution in [2.24, 2.45) is 0 Å². The molecule has 0 aromatic carbocycles. The first-order chi connectivity index (χ1) is 13.0. The van der Waals surface area contributed by atoms with Gasteiger partial charge in [-0.15, -0.1) is 0 Å². The number of carbonyl (C=O) groups is 2. The number of rotatable bonds is 6. The van der Waals surface area contributed by atoms with E-state index in [2.05, 4.69) is 25.1 Å². The highest BCUT2D eigenvalue weighted by atomic mass is 35.5. The van der Waals surface area contributed by atoms with Crippen LogP contribution in [0.15, 0.2) is 40.3 Å². The molecule has 0 aliphatic carbocycles. The largest absolute Gasteiger partial charge is 0.463 e. The standard InChI is InChI=1S/C16H14ClN5O4S/c1-25-15(24)12-4-3-10(26-12)8-22-7-9(5-19-22)20-14(23)13-11(17)6-18-16(21-13)27-2/h3-7H,8H2,1-2H3,(H,20,23). The fourth-order valence-electron chi connectivity index (χ4n) is 2.15. The number of amides is 1. The second-order valence-electron chi connectivity index (χ2n) is 5.19. The van der Waals surface area contributed by atoms with Crippen LogP contribution in [0.2, 0.25) is 5.02 Å². The van der Waals surface area contributed by atoms with E-state index in [4.69, 9.17) is 16.0 Å². The molecule has 140 valence electrons. The predicted molar refractivity (Wildman–Crippen MR) is 98.2 cm³/mol. The number of furan rings is 1. The number of hydrogen-bond donors (Lipinski definition) is 1. The van der Waals surface area contributed by atoms with Crippen molar-refractivity contribution in [1.82, 2.24) is 19.7 Å². The number of hydrogen-bond acceptors (Lipinski definition) is 8. The summed E-state index contributed by atoms with van der Waals surface area (Å²) in [5.41, 5.74) is 0.539. The second-order valence-corrected chi connectivity index (χ2v) is 6.37. The Morgan fingerprint density at radius 1 is 1.37 bits per heavy atom. The summed E-state index contributed by atoms with van der Waals surface area (Å²) in [7, 11) is 1.28. The van der Waals surface area contributed by atoms with Crippen LogP contribution in [0.4, 0.5) is 5.69 Å². The van der Waals surface area contributed by atoms with Crippen LogP contribution >= 0.6 is 23.4 Å². The Bertz CT molecular complexity index is 987. The summed E-state index contributed by atoms with van der Waals surface area (Å²) >= 11 is 7.31. The van der Waals surface area contributed by atoms with Gasteiger partial charge in [0, 0.05) is 6.20 Å². The monoisotopic (exact) mass is 407 g/mol. The maximum atomic E-state index is 12.4. The van der Waals surface area contributed by atoms with Gasteiger partial charge < -0.3 is 14.5 Å². The molecule has 0 fully saturated rings. The Morgan fingerprint density at radius 2 is 2.19 bits per heavy atom. The summed E-state index contributed by atoms with van der Waals surface area (Å²) in [4.78, 5) is 31.9. The van der Waals surface area contributed by atoms with E-state index in [-0.39, 0.29) is 23.0 Å². The van der Waals surface area contributed by atoms with Crippen LogP contribution in [0.5, 0.6) is 0 Å². The Balaban J connectivity index is 1.68. The summed E-state index contributed by atoms with van der Waals surface area (Å²) in [6.45, 7) is 0.276. The average molecular weight is 408 g/mol. The molecule has 0 unspecified atom stereocenters. The minimum atomic E-state index is -0.555. The lowest BCUT2D eigenvalue weighted by molar-refractivity contribution is 0.0562. The van der Waals surface area contributed by atoms with Gasteiger partial charge in [0.2, 0.25) is 5.76 Å². The second kappa shape index (κ2) is 8.23. The van der Waals surface area contributed by atoms with Gasteiger partial charge in [-0.1, -0.05) is 23.4 Å². The fourth-order valence-corrected chi connectivity index (χ4v) is 2.66. The molecule has 0 aliphatic rings. The molecule has 0 radical (unpaired) electrons. The van der Waals surface area contributed by atoms with E-state index in [1.807, 2.05) is 0 Å². The zero-order valence-corrected chi connectivity index (χ0v) is 15.9. The summed E-state index contributed by atoms with van der Waals surface area (Å²) in [5, 5.41) is 7.42. The third-order valence-electron chi connectivity index (χ3n) is 3.38. The van der Waals surface area contributed by atoms with E-state index in [1.165, 1.54) is 37.3 Å². The van der Waals surface area contributed by atoms with E-state index < -0.39 is 11.9 Å². The Hall–Kier alpha value is -2.85. The Morgan fingerprint density at radius 3 is 2.93 bits per heavy atom. The lowest BCUT2D eigenvalue weighted by Gasteiger charge is -2.04. The molecule has 0 atom stereocenters. The predicted octanol–water partition coefficient (Wildman–Crippen LogP) is 2.73. The molecule has 3 aromatic heterocycles. The van der Waals surface area contributed by atoms with Crippen LogP contribution in [0.25, 0.3) is 0 Å². The number of nitrogens with zero attached hydrogens (tertiary/aromatic N) is 4. The molecule has 0 saturated carbocycles. The highest BCUT2D eigenvalue weighted by Crippen LogP contribution is 2.18. The number of thioether (sulfide) groups is 1. The number of anilines is 1. The number of aromatic nitrogens is 4. The molecule has 0 spiro atoms. The van der Waals surface area contributed by atoms with E-state index in [9.17, 15) is 9.59 Å². The molecule has 1 N–H and O–H groups in total. The molecule has 0 saturated heterocycles. The smallest absolute Gasteiger partial charge is 0.373 e. The van der Waals surface area contributed by atoms with Crippen LogP contribution in [-0.4, -0.2) is 45.0 Å². The van der Waals surface area contributed by atoms with Crippen molar-refractivity contribution in [1.29, 1.82) is 0 Å². The minimum absolute atomic E-state index is 0.0810. The van der Waals surface area contributed by atoms with Gasteiger partial charge in [-0.05, 0) is 18.4 Å². The highest BCUT2D eigenvalue weighted by molar-refractivity contribution is 7.98. The molecule has 3 aromatic rings. The van der Waals surface area contributed by atoms with E-state index in [0.29, 0.717) is 16.6 Å². The number of halogens is 1. The molecule has 0 bridgehead atoms. The zero-order valence-electron chi connectivity index (χ0n) is 14.3. The van der Waals surface area contributed by atoms with Gasteiger partial charge >= 0.3 is 5.97 Å². The number of ether oxygens (including phenoxy) is 1. The third-order valence-corrected chi connectivity index (χ3v) is 4.22. The van der Waals surface area contributed by atoms with Crippen LogP contribution in [0.1, 0.15) is 26.8 Å². The molecule has 3 rings (SSSR count). The minimum Gasteiger partial charge on any atom is -0.463 e. The molecule has 11 heteroatoms. The van der Waals surface area contributed by atoms with Crippen molar-refractivity contribution in [3.8, 4) is 0 Å². The van der Waals surface area contributed by atoms with Gasteiger partial charge in [0.25, 0.3) is 5.91 Å². The van der Waals surface area contributed by atoms with Crippen molar-refractivity contribution in [3.05, 3.63) is 53.0 Å². The van der Waals surface area contributed by atoms with Crippen molar-refractivity contribution in [2.75, 3.05) is 18.7 Å². The van der Waals surface area contributed by atoms with E-state index >= 15 is 0 Å². The van der Waals surface area contributed by atoms with Crippen LogP contribution in [0.3, 0.4) is 0 Å². The maximum absolute atomic E-state index is 12.4. The van der Waals surface area contributed by atoms with Crippen LogP contribution in [-0.2, 0) is 11.3 Å². The fraction of sp³-hybridized carbons (Fsp3) is 0.188. The van der Waals surface area contributed by atoms with Gasteiger partial charge in [-0.2, -0.15) is 5.10 Å². The average Bonchev–Trinajstić information content (AvgIpc) is 3.31. The number of nitrogens with one attached hydrogen (secondary N) is 1. The van der Waals surface area contributed by atoms with Gasteiger partial charge in [-0.25, -0.2) is 14.8 Å². The number of methoxy groups -OCH3 is 1. The van der Waals surface area contributed by atoms with Gasteiger partial charge in [0.1, 0.15) is 5.76 Å². The lowest BCUT2D eigenvalue weighted by atomic mass is 10.3. The summed E-state index contributed by atoms with van der Waals surface area (Å²) in [6.07, 6.45) is 6.28. The maximum Gasteiger partial charge on any atom is 0.373 e. The topological polar surface area (TPSA) is 112 Å². The molecular weight excluding hydrogens is 394 g/mol.